The zero-order valence-corrected chi connectivity index (χ0v) is 17.6. The summed E-state index contributed by atoms with van der Waals surface area (Å²) < 4.78 is 1.58. The number of carboxylic acids is 1. The number of rotatable bonds is 4. The van der Waals surface area contributed by atoms with Crippen molar-refractivity contribution in [2.75, 3.05) is 4.90 Å². The van der Waals surface area contributed by atoms with Crippen LogP contribution < -0.4 is 15.3 Å². The number of aromatic nitrogens is 1. The number of barbiturate groups is 1. The van der Waals surface area contributed by atoms with Crippen molar-refractivity contribution < 1.29 is 24.3 Å². The molecule has 3 aromatic rings. The van der Waals surface area contributed by atoms with Crippen LogP contribution in [0.15, 0.2) is 66.4 Å². The minimum absolute atomic E-state index is 0.0196. The second-order valence-electron chi connectivity index (χ2n) is 6.67. The van der Waals surface area contributed by atoms with E-state index in [0.29, 0.717) is 11.4 Å². The van der Waals surface area contributed by atoms with Gasteiger partial charge in [0.05, 0.1) is 21.7 Å². The van der Waals surface area contributed by atoms with Crippen LogP contribution in [0.1, 0.15) is 16.1 Å². The van der Waals surface area contributed by atoms with Crippen LogP contribution in [0.3, 0.4) is 0 Å². The molecule has 0 aliphatic carbocycles. The zero-order valence-electron chi connectivity index (χ0n) is 16.0. The number of urea groups is 1. The quantitative estimate of drug-likeness (QED) is 0.467. The number of benzene rings is 2. The third-order valence-corrected chi connectivity index (χ3v) is 5.52. The second-order valence-corrected chi connectivity index (χ2v) is 7.46. The van der Waals surface area contributed by atoms with E-state index in [9.17, 15) is 24.3 Å². The van der Waals surface area contributed by atoms with Gasteiger partial charge in [0, 0.05) is 17.6 Å². The van der Waals surface area contributed by atoms with Crippen molar-refractivity contribution >= 4 is 58.8 Å². The highest BCUT2D eigenvalue weighted by Gasteiger charge is 2.38. The Balaban J connectivity index is 1.77. The maximum absolute atomic E-state index is 13.1. The Hall–Kier alpha value is -3.88. The molecule has 2 heterocycles. The molecule has 4 amide bonds. The van der Waals surface area contributed by atoms with Gasteiger partial charge in [-0.2, -0.15) is 0 Å². The molecule has 32 heavy (non-hydrogen) atoms. The second kappa shape index (κ2) is 8.33. The molecule has 8 nitrogen and oxygen atoms in total. The van der Waals surface area contributed by atoms with Crippen LogP contribution in [0, 0.1) is 0 Å². The molecule has 0 radical (unpaired) electrons. The number of carbonyl (C=O) groups excluding carboxylic acids is 4. The molecule has 1 N–H and O–H groups in total. The molecule has 1 fully saturated rings. The summed E-state index contributed by atoms with van der Waals surface area (Å²) in [6.07, 6.45) is 2.92. The van der Waals surface area contributed by atoms with Gasteiger partial charge in [0.2, 0.25) is 0 Å². The molecule has 0 atom stereocenters. The van der Waals surface area contributed by atoms with Crippen LogP contribution >= 0.6 is 23.2 Å². The van der Waals surface area contributed by atoms with Crippen molar-refractivity contribution in [1.82, 2.24) is 9.88 Å². The Kier molecular flexibility index (Phi) is 5.56. The summed E-state index contributed by atoms with van der Waals surface area (Å²) >= 11 is 12.2. The van der Waals surface area contributed by atoms with E-state index in [1.807, 2.05) is 0 Å². The molecular formula is C22H12Cl2N3O5-. The Morgan fingerprint density at radius 2 is 1.75 bits per heavy atom. The van der Waals surface area contributed by atoms with E-state index in [1.165, 1.54) is 42.5 Å². The summed E-state index contributed by atoms with van der Waals surface area (Å²) in [6, 6.07) is 12.7. The Labute approximate surface area is 191 Å². The van der Waals surface area contributed by atoms with Gasteiger partial charge in [-0.25, -0.2) is 9.69 Å². The number of aromatic carboxylic acids is 1. The lowest BCUT2D eigenvalue weighted by Crippen LogP contribution is -2.54. The van der Waals surface area contributed by atoms with Gasteiger partial charge in [-0.1, -0.05) is 41.4 Å². The van der Waals surface area contributed by atoms with E-state index in [0.717, 1.165) is 4.90 Å². The van der Waals surface area contributed by atoms with E-state index in [2.05, 4.69) is 5.32 Å². The number of carbonyl (C=O) groups is 4. The molecule has 10 heteroatoms. The van der Waals surface area contributed by atoms with Crippen molar-refractivity contribution in [3.05, 3.63) is 87.7 Å². The lowest BCUT2D eigenvalue weighted by Gasteiger charge is -2.27. The number of hydrogen-bond donors (Lipinski definition) is 1. The fourth-order valence-corrected chi connectivity index (χ4v) is 3.60. The number of amides is 4. The van der Waals surface area contributed by atoms with Crippen LogP contribution in [-0.2, 0) is 9.59 Å². The summed E-state index contributed by atoms with van der Waals surface area (Å²) in [6.45, 7) is 0. The van der Waals surface area contributed by atoms with E-state index >= 15 is 0 Å². The minimum Gasteiger partial charge on any atom is -0.545 e. The third-order valence-electron chi connectivity index (χ3n) is 4.71. The van der Waals surface area contributed by atoms with Gasteiger partial charge in [-0.15, -0.1) is 0 Å². The van der Waals surface area contributed by atoms with Crippen LogP contribution in [0.2, 0.25) is 10.0 Å². The fraction of sp³-hybridized carbons (Fsp3) is 0. The topological polar surface area (TPSA) is 112 Å². The average molecular weight is 469 g/mol. The average Bonchev–Trinajstić information content (AvgIpc) is 3.22. The number of anilines is 1. The van der Waals surface area contributed by atoms with E-state index in [1.54, 1.807) is 29.0 Å². The highest BCUT2D eigenvalue weighted by Crippen LogP contribution is 2.34. The van der Waals surface area contributed by atoms with E-state index in [-0.39, 0.29) is 26.9 Å². The molecule has 4 rings (SSSR count). The first kappa shape index (κ1) is 21.4. The SMILES string of the molecule is O=C1NC(=O)N(c2cccc(Cl)c2Cl)C(=O)/C1=C\c1cccn1-c1cccc(C(=O)[O-])c1. The normalized spacial score (nSPS) is 15.2. The van der Waals surface area contributed by atoms with Crippen molar-refractivity contribution in [2.45, 2.75) is 0 Å². The molecule has 1 saturated heterocycles. The van der Waals surface area contributed by atoms with Crippen LogP contribution in [0.5, 0.6) is 0 Å². The molecule has 2 aromatic carbocycles. The van der Waals surface area contributed by atoms with Gasteiger partial charge >= 0.3 is 6.03 Å². The van der Waals surface area contributed by atoms with Crippen molar-refractivity contribution in [3.63, 3.8) is 0 Å². The number of imide groups is 2. The molecule has 0 unspecified atom stereocenters. The van der Waals surface area contributed by atoms with Gasteiger partial charge in [0.15, 0.2) is 0 Å². The van der Waals surface area contributed by atoms with Crippen molar-refractivity contribution in [2.24, 2.45) is 0 Å². The molecule has 1 aliphatic rings. The van der Waals surface area contributed by atoms with Gasteiger partial charge < -0.3 is 14.5 Å². The summed E-state index contributed by atoms with van der Waals surface area (Å²) in [5, 5.41) is 13.4. The van der Waals surface area contributed by atoms with Gasteiger partial charge in [0.1, 0.15) is 5.57 Å². The van der Waals surface area contributed by atoms with E-state index < -0.39 is 23.8 Å². The monoisotopic (exact) mass is 468 g/mol. The third kappa shape index (κ3) is 3.77. The number of hydrogen-bond acceptors (Lipinski definition) is 5. The summed E-state index contributed by atoms with van der Waals surface area (Å²) in [7, 11) is 0. The van der Waals surface area contributed by atoms with Crippen LogP contribution in [-0.4, -0.2) is 28.4 Å². The maximum Gasteiger partial charge on any atom is 0.336 e. The first-order valence-electron chi connectivity index (χ1n) is 9.12. The van der Waals surface area contributed by atoms with Crippen molar-refractivity contribution in [3.8, 4) is 5.69 Å². The lowest BCUT2D eigenvalue weighted by molar-refractivity contribution is -0.255. The highest BCUT2D eigenvalue weighted by molar-refractivity contribution is 6.46. The molecular weight excluding hydrogens is 457 g/mol. The van der Waals surface area contributed by atoms with Gasteiger partial charge in [0.25, 0.3) is 11.8 Å². The first-order chi connectivity index (χ1) is 15.3. The minimum atomic E-state index is -1.34. The predicted molar refractivity (Wildman–Crippen MR) is 116 cm³/mol. The number of carboxylic acid groups (broad SMARTS) is 1. The molecule has 0 saturated carbocycles. The summed E-state index contributed by atoms with van der Waals surface area (Å²) in [5.74, 6) is -3.11. The highest BCUT2D eigenvalue weighted by atomic mass is 35.5. The summed E-state index contributed by atoms with van der Waals surface area (Å²) in [4.78, 5) is 49.9. The lowest BCUT2D eigenvalue weighted by atomic mass is 10.1. The fourth-order valence-electron chi connectivity index (χ4n) is 3.22. The Morgan fingerprint density at radius 1 is 1.00 bits per heavy atom. The smallest absolute Gasteiger partial charge is 0.336 e. The largest absolute Gasteiger partial charge is 0.545 e. The summed E-state index contributed by atoms with van der Waals surface area (Å²) in [5.41, 5.74) is 0.533. The number of nitrogens with one attached hydrogen (secondary N) is 1. The number of halogens is 2. The number of nitrogens with zero attached hydrogens (tertiary/aromatic N) is 2. The molecule has 0 bridgehead atoms. The van der Waals surface area contributed by atoms with Crippen molar-refractivity contribution in [1.29, 1.82) is 0 Å². The maximum atomic E-state index is 13.1. The Bertz CT molecular complexity index is 1330. The predicted octanol–water partition coefficient (Wildman–Crippen LogP) is 2.81. The van der Waals surface area contributed by atoms with Gasteiger partial charge in [-0.3, -0.25) is 14.9 Å². The molecule has 1 aromatic heterocycles. The molecule has 1 aliphatic heterocycles. The standard InChI is InChI=1S/C22H13Cl2N3O5/c23-16-7-2-8-17(18(16)24)27-20(29)15(19(28)25-22(27)32)11-14-6-3-9-26(14)13-5-1-4-12(10-13)21(30)31/h1-11H,(H,30,31)(H,25,28,32)/p-1/b15-11-. The first-order valence-corrected chi connectivity index (χ1v) is 9.88. The molecule has 160 valence electrons. The van der Waals surface area contributed by atoms with Crippen LogP contribution in [0.4, 0.5) is 10.5 Å². The van der Waals surface area contributed by atoms with E-state index in [4.69, 9.17) is 23.2 Å². The Morgan fingerprint density at radius 3 is 2.50 bits per heavy atom. The van der Waals surface area contributed by atoms with Crippen LogP contribution in [0.25, 0.3) is 11.8 Å². The molecule has 0 spiro atoms. The zero-order chi connectivity index (χ0) is 23.0. The van der Waals surface area contributed by atoms with Gasteiger partial charge in [-0.05, 0) is 48.0 Å².